The van der Waals surface area contributed by atoms with E-state index in [-0.39, 0.29) is 0 Å². The number of hydrogen-bond donors (Lipinski definition) is 0. The number of esters is 2. The summed E-state index contributed by atoms with van der Waals surface area (Å²) in [5, 5.41) is 11.0. The van der Waals surface area contributed by atoms with Gasteiger partial charge < -0.3 is 13.9 Å². The number of carbonyl (C=O) groups is 2. The smallest absolute Gasteiger partial charge is 0.454 e. The zero-order valence-corrected chi connectivity index (χ0v) is 9.04. The molecule has 0 saturated carbocycles. The first-order valence-corrected chi connectivity index (χ1v) is 4.46. The van der Waals surface area contributed by atoms with Gasteiger partial charge in [-0.3, -0.25) is 19.7 Å². The Kier molecular flexibility index (Phi) is 3.46. The van der Waals surface area contributed by atoms with Crippen molar-refractivity contribution in [1.29, 1.82) is 0 Å². The standard InChI is InChI=1S/C9H9NO7/c1-6(11)16-9(10(13)14,17-7(2)12)8-4-3-5-15-8/h3-5H,1-2H3. The van der Waals surface area contributed by atoms with Crippen molar-refractivity contribution in [1.82, 2.24) is 0 Å². The summed E-state index contributed by atoms with van der Waals surface area (Å²) in [6, 6.07) is 2.50. The Morgan fingerprint density at radius 2 is 1.88 bits per heavy atom. The van der Waals surface area contributed by atoms with Crippen molar-refractivity contribution >= 4 is 11.9 Å². The number of rotatable bonds is 4. The molecule has 8 nitrogen and oxygen atoms in total. The molecular formula is C9H9NO7. The van der Waals surface area contributed by atoms with Crippen LogP contribution in [0.2, 0.25) is 0 Å². The number of hydrogen-bond acceptors (Lipinski definition) is 7. The summed E-state index contributed by atoms with van der Waals surface area (Å²) in [6.07, 6.45) is 1.13. The molecule has 0 fully saturated rings. The van der Waals surface area contributed by atoms with Gasteiger partial charge in [-0.1, -0.05) is 0 Å². The van der Waals surface area contributed by atoms with Gasteiger partial charge in [-0.15, -0.1) is 0 Å². The van der Waals surface area contributed by atoms with Crippen LogP contribution < -0.4 is 0 Å². The van der Waals surface area contributed by atoms with Gasteiger partial charge in [0.15, 0.2) is 0 Å². The molecule has 8 heteroatoms. The Balaban J connectivity index is 3.25. The maximum Gasteiger partial charge on any atom is 0.593 e. The molecule has 0 spiro atoms. The van der Waals surface area contributed by atoms with Gasteiger partial charge in [0, 0.05) is 13.8 Å². The summed E-state index contributed by atoms with van der Waals surface area (Å²) in [6.45, 7) is 1.90. The third-order valence-electron chi connectivity index (χ3n) is 1.64. The molecule has 1 aromatic rings. The van der Waals surface area contributed by atoms with Crippen LogP contribution in [-0.4, -0.2) is 16.9 Å². The minimum Gasteiger partial charge on any atom is -0.454 e. The van der Waals surface area contributed by atoms with E-state index in [2.05, 4.69) is 9.47 Å². The van der Waals surface area contributed by atoms with Gasteiger partial charge in [0.1, 0.15) is 4.92 Å². The number of carbonyl (C=O) groups excluding carboxylic acids is 2. The molecule has 0 aromatic carbocycles. The second-order valence-corrected chi connectivity index (χ2v) is 3.00. The lowest BCUT2D eigenvalue weighted by molar-refractivity contribution is -0.691. The molecule has 17 heavy (non-hydrogen) atoms. The van der Waals surface area contributed by atoms with Crippen LogP contribution in [0.5, 0.6) is 0 Å². The fourth-order valence-corrected chi connectivity index (χ4v) is 1.13. The van der Waals surface area contributed by atoms with Crippen LogP contribution in [0, 0.1) is 10.1 Å². The molecule has 1 rings (SSSR count). The normalized spacial score (nSPS) is 10.7. The SMILES string of the molecule is CC(=O)OC(OC(C)=O)(c1ccco1)[N+](=O)[O-]. The second kappa shape index (κ2) is 4.64. The van der Waals surface area contributed by atoms with Crippen molar-refractivity contribution < 1.29 is 28.4 Å². The molecule has 0 saturated heterocycles. The molecule has 0 bridgehead atoms. The van der Waals surface area contributed by atoms with Crippen molar-refractivity contribution in [2.75, 3.05) is 0 Å². The Bertz CT molecular complexity index is 420. The van der Waals surface area contributed by atoms with E-state index in [0.29, 0.717) is 0 Å². The van der Waals surface area contributed by atoms with Crippen molar-refractivity contribution in [2.24, 2.45) is 0 Å². The van der Waals surface area contributed by atoms with Gasteiger partial charge in [-0.25, -0.2) is 0 Å². The fraction of sp³-hybridized carbons (Fsp3) is 0.333. The number of nitrogens with zero attached hydrogens (tertiary/aromatic N) is 1. The third kappa shape index (κ3) is 2.60. The molecule has 1 heterocycles. The second-order valence-electron chi connectivity index (χ2n) is 3.00. The van der Waals surface area contributed by atoms with E-state index in [9.17, 15) is 19.7 Å². The molecule has 1 aromatic heterocycles. The van der Waals surface area contributed by atoms with E-state index in [1.807, 2.05) is 0 Å². The van der Waals surface area contributed by atoms with Crippen molar-refractivity contribution in [3.8, 4) is 0 Å². The Morgan fingerprint density at radius 3 is 2.18 bits per heavy atom. The lowest BCUT2D eigenvalue weighted by Crippen LogP contribution is -2.43. The molecular weight excluding hydrogens is 234 g/mol. The van der Waals surface area contributed by atoms with Crippen LogP contribution >= 0.6 is 0 Å². The summed E-state index contributed by atoms with van der Waals surface area (Å²) in [5.74, 6) is -5.16. The Hall–Kier alpha value is -2.38. The highest BCUT2D eigenvalue weighted by Crippen LogP contribution is 2.29. The highest BCUT2D eigenvalue weighted by atomic mass is 16.8. The minimum absolute atomic E-state index is 0.409. The third-order valence-corrected chi connectivity index (χ3v) is 1.64. The van der Waals surface area contributed by atoms with Crippen molar-refractivity contribution in [2.45, 2.75) is 19.8 Å². The van der Waals surface area contributed by atoms with Gasteiger partial charge in [0.25, 0.3) is 5.76 Å². The summed E-state index contributed by atoms with van der Waals surface area (Å²) < 4.78 is 13.7. The first-order valence-electron chi connectivity index (χ1n) is 4.46. The van der Waals surface area contributed by atoms with E-state index in [0.717, 1.165) is 26.2 Å². The summed E-state index contributed by atoms with van der Waals surface area (Å²) in [4.78, 5) is 31.7. The van der Waals surface area contributed by atoms with E-state index in [1.54, 1.807) is 0 Å². The van der Waals surface area contributed by atoms with Gasteiger partial charge in [0.05, 0.1) is 6.26 Å². The first kappa shape index (κ1) is 12.7. The molecule has 0 N–H and O–H groups in total. The van der Waals surface area contributed by atoms with Crippen LogP contribution in [0.15, 0.2) is 22.8 Å². The van der Waals surface area contributed by atoms with Crippen molar-refractivity contribution in [3.63, 3.8) is 0 Å². The maximum absolute atomic E-state index is 11.0. The molecule has 0 radical (unpaired) electrons. The monoisotopic (exact) mass is 243 g/mol. The van der Waals surface area contributed by atoms with Crippen LogP contribution in [-0.2, 0) is 25.0 Å². The van der Waals surface area contributed by atoms with Crippen LogP contribution in [0.4, 0.5) is 0 Å². The predicted octanol–water partition coefficient (Wildman–Crippen LogP) is 0.793. The largest absolute Gasteiger partial charge is 0.593 e. The predicted molar refractivity (Wildman–Crippen MR) is 50.9 cm³/mol. The van der Waals surface area contributed by atoms with Crippen LogP contribution in [0.25, 0.3) is 0 Å². The van der Waals surface area contributed by atoms with E-state index >= 15 is 0 Å². The average molecular weight is 243 g/mol. The highest BCUT2D eigenvalue weighted by molar-refractivity contribution is 5.68. The minimum atomic E-state index is -2.78. The van der Waals surface area contributed by atoms with E-state index in [1.165, 1.54) is 6.07 Å². The average Bonchev–Trinajstić information content (AvgIpc) is 2.67. The number of furan rings is 1. The van der Waals surface area contributed by atoms with Crippen LogP contribution in [0.1, 0.15) is 19.6 Å². The van der Waals surface area contributed by atoms with Gasteiger partial charge in [-0.05, 0) is 12.1 Å². The van der Waals surface area contributed by atoms with E-state index in [4.69, 9.17) is 4.42 Å². The van der Waals surface area contributed by atoms with Crippen molar-refractivity contribution in [3.05, 3.63) is 34.3 Å². The maximum atomic E-state index is 11.0. The summed E-state index contributed by atoms with van der Waals surface area (Å²) in [7, 11) is 0. The van der Waals surface area contributed by atoms with Gasteiger partial charge in [-0.2, -0.15) is 0 Å². The molecule has 0 atom stereocenters. The first-order chi connectivity index (χ1) is 7.88. The molecule has 0 aliphatic carbocycles. The Morgan fingerprint density at radius 1 is 1.35 bits per heavy atom. The quantitative estimate of drug-likeness (QED) is 0.333. The summed E-state index contributed by atoms with van der Waals surface area (Å²) in [5.41, 5.74) is 0. The zero-order valence-electron chi connectivity index (χ0n) is 9.04. The number of nitro groups is 1. The van der Waals surface area contributed by atoms with Gasteiger partial charge in [0.2, 0.25) is 0 Å². The lowest BCUT2D eigenvalue weighted by Gasteiger charge is -2.20. The van der Waals surface area contributed by atoms with Crippen LogP contribution in [0.3, 0.4) is 0 Å². The lowest BCUT2D eigenvalue weighted by atomic mass is 10.3. The number of ether oxygens (including phenoxy) is 2. The molecule has 92 valence electrons. The highest BCUT2D eigenvalue weighted by Gasteiger charge is 2.57. The summed E-state index contributed by atoms with van der Waals surface area (Å²) >= 11 is 0. The molecule has 0 aliphatic heterocycles. The molecule has 0 unspecified atom stereocenters. The molecule has 0 amide bonds. The topological polar surface area (TPSA) is 109 Å². The van der Waals surface area contributed by atoms with Gasteiger partial charge >= 0.3 is 17.8 Å². The zero-order chi connectivity index (χ0) is 13.1. The Labute approximate surface area is 95.3 Å². The molecule has 0 aliphatic rings. The fourth-order valence-electron chi connectivity index (χ4n) is 1.13. The van der Waals surface area contributed by atoms with E-state index < -0.39 is 28.5 Å².